The number of urea groups is 1. The van der Waals surface area contributed by atoms with Crippen LogP contribution >= 0.6 is 0 Å². The molecule has 2 aromatic carbocycles. The lowest BCUT2D eigenvalue weighted by Gasteiger charge is -2.19. The summed E-state index contributed by atoms with van der Waals surface area (Å²) >= 11 is 0. The molecule has 10 N–H and O–H groups in total. The predicted octanol–water partition coefficient (Wildman–Crippen LogP) is 1.03. The molecule has 0 aromatic heterocycles. The van der Waals surface area contributed by atoms with Crippen molar-refractivity contribution in [1.82, 2.24) is 16.0 Å². The number of guanidine groups is 1. The first-order chi connectivity index (χ1) is 17.9. The molecule has 0 saturated carbocycles. The van der Waals surface area contributed by atoms with Gasteiger partial charge in [0.1, 0.15) is 6.04 Å². The quantitative estimate of drug-likeness (QED) is 0.128. The van der Waals surface area contributed by atoms with Crippen molar-refractivity contribution >= 4 is 29.8 Å². The minimum Gasteiger partial charge on any atom is -0.481 e. The van der Waals surface area contributed by atoms with Crippen molar-refractivity contribution in [2.24, 2.45) is 22.2 Å². The van der Waals surface area contributed by atoms with Crippen molar-refractivity contribution < 1.29 is 24.3 Å². The van der Waals surface area contributed by atoms with E-state index in [1.54, 1.807) is 12.1 Å². The number of aliphatic carboxylic acids is 1. The summed E-state index contributed by atoms with van der Waals surface area (Å²) in [5, 5.41) is 15.6. The van der Waals surface area contributed by atoms with Gasteiger partial charge in [-0.1, -0.05) is 41.5 Å². The number of carboxylic acids is 1. The van der Waals surface area contributed by atoms with Gasteiger partial charge in [-0.2, -0.15) is 0 Å². The summed E-state index contributed by atoms with van der Waals surface area (Å²) in [6.45, 7) is 5.87. The zero-order chi connectivity index (χ0) is 28.7. The van der Waals surface area contributed by atoms with Gasteiger partial charge in [-0.05, 0) is 49.9 Å². The van der Waals surface area contributed by atoms with Crippen molar-refractivity contribution in [3.63, 3.8) is 0 Å². The van der Waals surface area contributed by atoms with E-state index >= 15 is 0 Å². The molecular formula is C26H37N7O5. The topological polar surface area (TPSA) is 215 Å². The number of hydrogen-bond acceptors (Lipinski definition) is 5. The SMILES string of the molecule is CC(=O)O.Cc1cc(C)cc(C(=O)N[C@H](CCCN=C(N)N)C(=O)NCc2ccc(CNC(N)=O)cc2)c1. The van der Waals surface area contributed by atoms with Crippen LogP contribution in [0.5, 0.6) is 0 Å². The van der Waals surface area contributed by atoms with Gasteiger partial charge >= 0.3 is 6.03 Å². The van der Waals surface area contributed by atoms with Gasteiger partial charge in [0.25, 0.3) is 11.9 Å². The Kier molecular flexibility index (Phi) is 13.4. The first-order valence-corrected chi connectivity index (χ1v) is 11.9. The molecule has 0 heterocycles. The summed E-state index contributed by atoms with van der Waals surface area (Å²) in [5.74, 6) is -1.48. The van der Waals surface area contributed by atoms with Crippen LogP contribution in [-0.2, 0) is 22.7 Å². The summed E-state index contributed by atoms with van der Waals surface area (Å²) in [6.07, 6.45) is 0.890. The molecule has 4 amide bonds. The Balaban J connectivity index is 0.00000168. The highest BCUT2D eigenvalue weighted by Gasteiger charge is 2.21. The molecule has 0 aliphatic carbocycles. The molecule has 0 saturated heterocycles. The van der Waals surface area contributed by atoms with Crippen molar-refractivity contribution in [3.8, 4) is 0 Å². The summed E-state index contributed by atoms with van der Waals surface area (Å²) in [6, 6.07) is 11.6. The summed E-state index contributed by atoms with van der Waals surface area (Å²) in [5.41, 5.74) is 20.0. The first kappa shape index (κ1) is 31.4. The lowest BCUT2D eigenvalue weighted by atomic mass is 10.1. The second-order valence-corrected chi connectivity index (χ2v) is 8.62. The van der Waals surface area contributed by atoms with Crippen molar-refractivity contribution in [1.29, 1.82) is 0 Å². The van der Waals surface area contributed by atoms with Crippen LogP contribution in [0.25, 0.3) is 0 Å². The number of nitrogens with one attached hydrogen (secondary N) is 3. The van der Waals surface area contributed by atoms with Gasteiger partial charge in [-0.3, -0.25) is 19.4 Å². The zero-order valence-corrected chi connectivity index (χ0v) is 21.9. The number of nitrogens with zero attached hydrogens (tertiary/aromatic N) is 1. The van der Waals surface area contributed by atoms with Crippen LogP contribution < -0.4 is 33.2 Å². The van der Waals surface area contributed by atoms with Gasteiger partial charge in [0.2, 0.25) is 5.91 Å². The van der Waals surface area contributed by atoms with Crippen LogP contribution in [0, 0.1) is 13.8 Å². The molecule has 1 atom stereocenters. The minimum absolute atomic E-state index is 0.0188. The molecule has 0 unspecified atom stereocenters. The van der Waals surface area contributed by atoms with E-state index in [9.17, 15) is 14.4 Å². The van der Waals surface area contributed by atoms with E-state index < -0.39 is 18.0 Å². The van der Waals surface area contributed by atoms with Gasteiger partial charge < -0.3 is 38.3 Å². The third kappa shape index (κ3) is 13.5. The lowest BCUT2D eigenvalue weighted by molar-refractivity contribution is -0.134. The first-order valence-electron chi connectivity index (χ1n) is 11.9. The maximum Gasteiger partial charge on any atom is 0.312 e. The Morgan fingerprint density at radius 1 is 0.895 bits per heavy atom. The second-order valence-electron chi connectivity index (χ2n) is 8.62. The van der Waals surface area contributed by atoms with E-state index in [0.717, 1.165) is 29.2 Å². The van der Waals surface area contributed by atoms with Gasteiger partial charge in [0, 0.05) is 32.1 Å². The van der Waals surface area contributed by atoms with Gasteiger partial charge in [0.05, 0.1) is 0 Å². The fourth-order valence-electron chi connectivity index (χ4n) is 3.40. The number of aliphatic imine (C=N–C) groups is 1. The number of aryl methyl sites for hydroxylation is 2. The molecular weight excluding hydrogens is 490 g/mol. The Bertz CT molecular complexity index is 1110. The molecule has 0 spiro atoms. The molecule has 0 radical (unpaired) electrons. The van der Waals surface area contributed by atoms with Gasteiger partial charge in [-0.15, -0.1) is 0 Å². The number of hydrogen-bond donors (Lipinski definition) is 7. The smallest absolute Gasteiger partial charge is 0.312 e. The van der Waals surface area contributed by atoms with Crippen molar-refractivity contribution in [3.05, 3.63) is 70.3 Å². The fraction of sp³-hybridized carbons (Fsp3) is 0.346. The Labute approximate surface area is 222 Å². The van der Waals surface area contributed by atoms with Crippen molar-refractivity contribution in [2.75, 3.05) is 6.54 Å². The van der Waals surface area contributed by atoms with Crippen LogP contribution in [0.2, 0.25) is 0 Å². The molecule has 12 nitrogen and oxygen atoms in total. The molecule has 2 aromatic rings. The van der Waals surface area contributed by atoms with Crippen LogP contribution in [0.1, 0.15) is 52.4 Å². The minimum atomic E-state index is -0.833. The highest BCUT2D eigenvalue weighted by Crippen LogP contribution is 2.10. The fourth-order valence-corrected chi connectivity index (χ4v) is 3.40. The molecule has 0 bridgehead atoms. The molecule has 206 valence electrons. The van der Waals surface area contributed by atoms with Crippen molar-refractivity contribution in [2.45, 2.75) is 52.7 Å². The van der Waals surface area contributed by atoms with Gasteiger partial charge in [0.15, 0.2) is 5.96 Å². The van der Waals surface area contributed by atoms with Crippen LogP contribution in [0.3, 0.4) is 0 Å². The lowest BCUT2D eigenvalue weighted by Crippen LogP contribution is -2.46. The summed E-state index contributed by atoms with van der Waals surface area (Å²) in [4.78, 5) is 49.5. The molecule has 0 fully saturated rings. The number of primary amides is 1. The van der Waals surface area contributed by atoms with Crippen LogP contribution in [-0.4, -0.2) is 47.5 Å². The highest BCUT2D eigenvalue weighted by atomic mass is 16.4. The average Bonchev–Trinajstić information content (AvgIpc) is 2.82. The van der Waals surface area contributed by atoms with E-state index in [1.807, 2.05) is 44.2 Å². The summed E-state index contributed by atoms with van der Waals surface area (Å²) in [7, 11) is 0. The third-order valence-electron chi connectivity index (χ3n) is 5.01. The normalized spacial score (nSPS) is 10.7. The Hall–Kier alpha value is -4.61. The summed E-state index contributed by atoms with van der Waals surface area (Å²) < 4.78 is 0. The number of nitrogens with two attached hydrogens (primary N) is 3. The van der Waals surface area contributed by atoms with Gasteiger partial charge in [-0.25, -0.2) is 4.79 Å². The molecule has 12 heteroatoms. The van der Waals surface area contributed by atoms with E-state index in [1.165, 1.54) is 0 Å². The highest BCUT2D eigenvalue weighted by molar-refractivity contribution is 5.97. The number of amides is 4. The predicted molar refractivity (Wildman–Crippen MR) is 145 cm³/mol. The van der Waals surface area contributed by atoms with E-state index in [4.69, 9.17) is 27.1 Å². The molecule has 0 aliphatic rings. The number of carbonyl (C=O) groups excluding carboxylic acids is 3. The largest absolute Gasteiger partial charge is 0.481 e. The molecule has 0 aliphatic heterocycles. The Morgan fingerprint density at radius 2 is 1.39 bits per heavy atom. The van der Waals surface area contributed by atoms with Crippen LogP contribution in [0.15, 0.2) is 47.5 Å². The zero-order valence-electron chi connectivity index (χ0n) is 21.9. The number of benzene rings is 2. The standard InChI is InChI=1S/C24H33N7O3.C2H4O2/c1-15-10-16(2)12-19(11-15)21(32)31-20(4-3-9-28-23(25)26)22(33)29-13-17-5-7-18(8-6-17)14-30-24(27)34;1-2(3)4/h5-8,10-12,20H,3-4,9,13-14H2,1-2H3,(H,29,33)(H,31,32)(H4,25,26,28)(H3,27,30,34);1H3,(H,3,4)/t20-;/m1./s1. The van der Waals surface area contributed by atoms with E-state index in [0.29, 0.717) is 31.5 Å². The van der Waals surface area contributed by atoms with E-state index in [-0.39, 0.29) is 24.3 Å². The average molecular weight is 528 g/mol. The Morgan fingerprint density at radius 3 is 1.87 bits per heavy atom. The third-order valence-corrected chi connectivity index (χ3v) is 5.01. The number of carboxylic acid groups (broad SMARTS) is 1. The van der Waals surface area contributed by atoms with Crippen LogP contribution in [0.4, 0.5) is 4.79 Å². The van der Waals surface area contributed by atoms with E-state index in [2.05, 4.69) is 20.9 Å². The molecule has 2 rings (SSSR count). The number of rotatable bonds is 11. The molecule has 38 heavy (non-hydrogen) atoms. The number of carbonyl (C=O) groups is 4. The second kappa shape index (κ2) is 16.2. The maximum atomic E-state index is 12.9. The maximum absolute atomic E-state index is 12.9. The monoisotopic (exact) mass is 527 g/mol.